The third kappa shape index (κ3) is 2.87. The molecule has 2 rings (SSSR count). The maximum Gasteiger partial charge on any atom is 0.387 e. The molecule has 1 fully saturated rings. The van der Waals surface area contributed by atoms with Gasteiger partial charge in [0.25, 0.3) is 0 Å². The van der Waals surface area contributed by atoms with E-state index < -0.39 is 6.61 Å². The van der Waals surface area contributed by atoms with Crippen molar-refractivity contribution in [2.45, 2.75) is 39.3 Å². The second-order valence-corrected chi connectivity index (χ2v) is 4.89. The number of anilines is 1. The summed E-state index contributed by atoms with van der Waals surface area (Å²) < 4.78 is 29.0. The molecule has 2 nitrogen and oxygen atoms in total. The van der Waals surface area contributed by atoms with Gasteiger partial charge >= 0.3 is 6.61 Å². The van der Waals surface area contributed by atoms with Crippen LogP contribution in [0.1, 0.15) is 26.7 Å². The van der Waals surface area contributed by atoms with Crippen LogP contribution in [0.15, 0.2) is 24.3 Å². The first kappa shape index (κ1) is 12.1. The Morgan fingerprint density at radius 2 is 1.94 bits per heavy atom. The van der Waals surface area contributed by atoms with Crippen molar-refractivity contribution in [1.82, 2.24) is 0 Å². The molecular formula is C13H17F2NO. The van der Waals surface area contributed by atoms with E-state index in [1.54, 1.807) is 18.2 Å². The predicted molar refractivity (Wildman–Crippen MR) is 63.5 cm³/mol. The molecule has 0 saturated heterocycles. The average molecular weight is 241 g/mol. The molecule has 1 saturated carbocycles. The van der Waals surface area contributed by atoms with Crippen molar-refractivity contribution >= 4 is 5.69 Å². The number of para-hydroxylation sites is 2. The highest BCUT2D eigenvalue weighted by Gasteiger charge is 2.42. The number of benzene rings is 1. The van der Waals surface area contributed by atoms with Gasteiger partial charge < -0.3 is 10.1 Å². The van der Waals surface area contributed by atoms with Gasteiger partial charge in [-0.1, -0.05) is 19.1 Å². The minimum Gasteiger partial charge on any atom is -0.433 e. The van der Waals surface area contributed by atoms with E-state index in [-0.39, 0.29) is 17.2 Å². The van der Waals surface area contributed by atoms with Crippen LogP contribution in [-0.4, -0.2) is 12.7 Å². The van der Waals surface area contributed by atoms with Gasteiger partial charge in [0.05, 0.1) is 5.69 Å². The van der Waals surface area contributed by atoms with E-state index in [2.05, 4.69) is 23.9 Å². The van der Waals surface area contributed by atoms with E-state index in [1.807, 2.05) is 6.07 Å². The molecular weight excluding hydrogens is 224 g/mol. The lowest BCUT2D eigenvalue weighted by Gasteiger charge is -2.23. The Morgan fingerprint density at radius 1 is 1.29 bits per heavy atom. The molecule has 4 heteroatoms. The molecule has 1 unspecified atom stereocenters. The van der Waals surface area contributed by atoms with Crippen LogP contribution in [0.5, 0.6) is 5.75 Å². The summed E-state index contributed by atoms with van der Waals surface area (Å²) in [5.41, 5.74) is 0.922. The van der Waals surface area contributed by atoms with Crippen LogP contribution in [0, 0.1) is 5.41 Å². The van der Waals surface area contributed by atoms with Gasteiger partial charge in [-0.25, -0.2) is 0 Å². The second-order valence-electron chi connectivity index (χ2n) is 4.89. The Labute approximate surface area is 100.0 Å². The minimum absolute atomic E-state index is 0.207. The first-order chi connectivity index (χ1) is 8.01. The molecule has 0 amide bonds. The van der Waals surface area contributed by atoms with E-state index in [9.17, 15) is 8.78 Å². The molecule has 0 heterocycles. The molecule has 1 aliphatic carbocycles. The van der Waals surface area contributed by atoms with Crippen LogP contribution in [0.3, 0.4) is 0 Å². The Morgan fingerprint density at radius 3 is 2.53 bits per heavy atom. The van der Waals surface area contributed by atoms with Crippen LogP contribution in [-0.2, 0) is 0 Å². The molecule has 1 N–H and O–H groups in total. The lowest BCUT2D eigenvalue weighted by molar-refractivity contribution is -0.0494. The largest absolute Gasteiger partial charge is 0.433 e. The summed E-state index contributed by atoms with van der Waals surface area (Å²) in [6.07, 6.45) is 2.36. The van der Waals surface area contributed by atoms with Crippen LogP contribution in [0.25, 0.3) is 0 Å². The highest BCUT2D eigenvalue weighted by atomic mass is 19.3. The van der Waals surface area contributed by atoms with Crippen LogP contribution in [0.4, 0.5) is 14.5 Å². The molecule has 0 aliphatic heterocycles. The summed E-state index contributed by atoms with van der Waals surface area (Å²) in [5, 5.41) is 3.26. The maximum absolute atomic E-state index is 12.2. The van der Waals surface area contributed by atoms with Crippen molar-refractivity contribution in [2.75, 3.05) is 5.32 Å². The number of rotatable bonds is 5. The Kier molecular flexibility index (Phi) is 3.22. The normalized spacial score (nSPS) is 18.9. The quantitative estimate of drug-likeness (QED) is 0.844. The van der Waals surface area contributed by atoms with Gasteiger partial charge in [-0.3, -0.25) is 0 Å². The maximum atomic E-state index is 12.2. The van der Waals surface area contributed by atoms with Gasteiger partial charge in [0.1, 0.15) is 5.75 Å². The molecule has 0 bridgehead atoms. The number of hydrogen-bond donors (Lipinski definition) is 1. The third-order valence-corrected chi connectivity index (χ3v) is 3.56. The van der Waals surface area contributed by atoms with Crippen LogP contribution >= 0.6 is 0 Å². The van der Waals surface area contributed by atoms with E-state index in [1.165, 1.54) is 12.8 Å². The summed E-state index contributed by atoms with van der Waals surface area (Å²) >= 11 is 0. The monoisotopic (exact) mass is 241 g/mol. The van der Waals surface area contributed by atoms with Crippen molar-refractivity contribution in [2.24, 2.45) is 5.41 Å². The van der Waals surface area contributed by atoms with Crippen molar-refractivity contribution in [3.8, 4) is 5.75 Å². The van der Waals surface area contributed by atoms with E-state index >= 15 is 0 Å². The smallest absolute Gasteiger partial charge is 0.387 e. The molecule has 1 aromatic rings. The summed E-state index contributed by atoms with van der Waals surface area (Å²) in [6.45, 7) is 1.48. The van der Waals surface area contributed by atoms with E-state index in [4.69, 9.17) is 0 Å². The first-order valence-electron chi connectivity index (χ1n) is 5.82. The molecule has 1 aromatic carbocycles. The fraction of sp³-hybridized carbons (Fsp3) is 0.538. The van der Waals surface area contributed by atoms with Crippen LogP contribution in [0.2, 0.25) is 0 Å². The molecule has 1 aliphatic rings. The molecule has 1 atom stereocenters. The molecule has 0 aromatic heterocycles. The van der Waals surface area contributed by atoms with Crippen molar-refractivity contribution in [1.29, 1.82) is 0 Å². The van der Waals surface area contributed by atoms with Crippen molar-refractivity contribution in [3.05, 3.63) is 24.3 Å². The van der Waals surface area contributed by atoms with Gasteiger partial charge in [-0.05, 0) is 37.3 Å². The van der Waals surface area contributed by atoms with Gasteiger partial charge in [0.15, 0.2) is 0 Å². The standard InChI is InChI=1S/C13H17F2NO/c1-9(13(2)7-8-13)16-10-5-3-4-6-11(10)17-12(14)15/h3-6,9,12,16H,7-8H2,1-2H3. The Bertz CT molecular complexity index is 391. The van der Waals surface area contributed by atoms with Gasteiger partial charge in [0, 0.05) is 6.04 Å². The van der Waals surface area contributed by atoms with Gasteiger partial charge in [0.2, 0.25) is 0 Å². The van der Waals surface area contributed by atoms with Gasteiger partial charge in [-0.2, -0.15) is 8.78 Å². The molecule has 0 spiro atoms. The van der Waals surface area contributed by atoms with E-state index in [0.717, 1.165) is 0 Å². The number of alkyl halides is 2. The number of hydrogen-bond acceptors (Lipinski definition) is 2. The summed E-state index contributed by atoms with van der Waals surface area (Å²) in [7, 11) is 0. The Balaban J connectivity index is 2.09. The second kappa shape index (κ2) is 4.51. The fourth-order valence-corrected chi connectivity index (χ4v) is 1.82. The number of nitrogens with one attached hydrogen (secondary N) is 1. The SMILES string of the molecule is CC(Nc1ccccc1OC(F)F)C1(C)CC1. The average Bonchev–Trinajstić information content (AvgIpc) is 3.00. The Hall–Kier alpha value is -1.32. The predicted octanol–water partition coefficient (Wildman–Crippen LogP) is 3.89. The topological polar surface area (TPSA) is 21.3 Å². The minimum atomic E-state index is -2.79. The molecule has 94 valence electrons. The first-order valence-corrected chi connectivity index (χ1v) is 5.82. The lowest BCUT2D eigenvalue weighted by Crippen LogP contribution is -2.25. The molecule has 0 radical (unpaired) electrons. The van der Waals surface area contributed by atoms with Gasteiger partial charge in [-0.15, -0.1) is 0 Å². The van der Waals surface area contributed by atoms with Crippen LogP contribution < -0.4 is 10.1 Å². The molecule has 17 heavy (non-hydrogen) atoms. The summed E-state index contributed by atoms with van der Waals surface area (Å²) in [5.74, 6) is 0.207. The lowest BCUT2D eigenvalue weighted by atomic mass is 10.0. The zero-order valence-corrected chi connectivity index (χ0v) is 10.0. The van der Waals surface area contributed by atoms with Crippen molar-refractivity contribution in [3.63, 3.8) is 0 Å². The fourth-order valence-electron chi connectivity index (χ4n) is 1.82. The third-order valence-electron chi connectivity index (χ3n) is 3.56. The number of ether oxygens (including phenoxy) is 1. The summed E-state index contributed by atoms with van der Waals surface area (Å²) in [4.78, 5) is 0. The summed E-state index contributed by atoms with van der Waals surface area (Å²) in [6, 6.07) is 7.07. The zero-order chi connectivity index (χ0) is 12.5. The van der Waals surface area contributed by atoms with Crippen molar-refractivity contribution < 1.29 is 13.5 Å². The number of halogens is 2. The highest BCUT2D eigenvalue weighted by molar-refractivity contribution is 5.57. The van der Waals surface area contributed by atoms with E-state index in [0.29, 0.717) is 5.69 Å². The zero-order valence-electron chi connectivity index (χ0n) is 10.0. The highest BCUT2D eigenvalue weighted by Crippen LogP contribution is 2.49.